The summed E-state index contributed by atoms with van der Waals surface area (Å²) in [5.41, 5.74) is 0.827. The zero-order chi connectivity index (χ0) is 22.4. The first-order chi connectivity index (χ1) is 13.0. The molecule has 1 heterocycles. The van der Waals surface area contributed by atoms with Crippen LogP contribution in [0.25, 0.3) is 0 Å². The first-order valence-electron chi connectivity index (χ1n) is 10.3. The molecule has 29 heavy (non-hydrogen) atoms. The zero-order valence-electron chi connectivity index (χ0n) is 19.7. The van der Waals surface area contributed by atoms with E-state index < -0.39 is 16.6 Å². The molecule has 1 aliphatic heterocycles. The second-order valence-corrected chi connectivity index (χ2v) is 20.4. The summed E-state index contributed by atoms with van der Waals surface area (Å²) in [6, 6.07) is 5.31. The Morgan fingerprint density at radius 3 is 1.93 bits per heavy atom. The third-order valence-corrected chi connectivity index (χ3v) is 15.6. The molecule has 0 fully saturated rings. The lowest BCUT2D eigenvalue weighted by atomic mass is 10.1. The standard InChI is InChI=1S/C22H37NO4Si2/c1-21(2,3)28(7,8)26-15-14-23-19(24)16-12-11-13-17(18(16)20(23)25)27-29(9,10)22(4,5)6/h11-13H,14-15H2,1-10H3. The van der Waals surface area contributed by atoms with E-state index in [1.807, 2.05) is 0 Å². The van der Waals surface area contributed by atoms with E-state index in [0.29, 0.717) is 23.5 Å². The van der Waals surface area contributed by atoms with Gasteiger partial charge in [0.1, 0.15) is 5.75 Å². The number of benzene rings is 1. The monoisotopic (exact) mass is 435 g/mol. The van der Waals surface area contributed by atoms with Gasteiger partial charge in [0.15, 0.2) is 8.32 Å². The van der Waals surface area contributed by atoms with Gasteiger partial charge in [0.05, 0.1) is 24.3 Å². The molecule has 1 aromatic carbocycles. The number of imide groups is 1. The van der Waals surface area contributed by atoms with Crippen molar-refractivity contribution in [1.29, 1.82) is 0 Å². The third kappa shape index (κ3) is 4.67. The average molecular weight is 436 g/mol. The Balaban J connectivity index is 2.21. The molecule has 0 saturated carbocycles. The van der Waals surface area contributed by atoms with Crippen LogP contribution in [0.15, 0.2) is 18.2 Å². The number of nitrogens with zero attached hydrogens (tertiary/aromatic N) is 1. The molecule has 1 aliphatic rings. The minimum atomic E-state index is -2.13. The maximum Gasteiger partial charge on any atom is 0.265 e. The van der Waals surface area contributed by atoms with Gasteiger partial charge < -0.3 is 8.85 Å². The van der Waals surface area contributed by atoms with Gasteiger partial charge in [-0.3, -0.25) is 14.5 Å². The van der Waals surface area contributed by atoms with Crippen LogP contribution >= 0.6 is 0 Å². The second-order valence-electron chi connectivity index (χ2n) is 10.9. The van der Waals surface area contributed by atoms with E-state index in [2.05, 4.69) is 67.7 Å². The smallest absolute Gasteiger partial charge is 0.265 e. The summed E-state index contributed by atoms with van der Waals surface area (Å²) < 4.78 is 12.6. The number of hydrogen-bond donors (Lipinski definition) is 0. The van der Waals surface area contributed by atoms with Crippen LogP contribution in [0, 0.1) is 0 Å². The van der Waals surface area contributed by atoms with Gasteiger partial charge >= 0.3 is 0 Å². The van der Waals surface area contributed by atoms with Crippen molar-refractivity contribution in [3.8, 4) is 5.75 Å². The maximum absolute atomic E-state index is 13.1. The van der Waals surface area contributed by atoms with Crippen LogP contribution in [0.3, 0.4) is 0 Å². The van der Waals surface area contributed by atoms with Gasteiger partial charge in [-0.2, -0.15) is 0 Å². The number of amides is 2. The van der Waals surface area contributed by atoms with Crippen molar-refractivity contribution in [3.05, 3.63) is 29.3 Å². The summed E-state index contributed by atoms with van der Waals surface area (Å²) in [7, 11) is -4.07. The predicted octanol–water partition coefficient (Wildman–Crippen LogP) is 5.69. The van der Waals surface area contributed by atoms with Crippen LogP contribution in [0.2, 0.25) is 36.3 Å². The topological polar surface area (TPSA) is 55.8 Å². The minimum Gasteiger partial charge on any atom is -0.543 e. The molecule has 2 amide bonds. The molecular formula is C22H37NO4Si2. The van der Waals surface area contributed by atoms with Gasteiger partial charge in [-0.05, 0) is 48.4 Å². The quantitative estimate of drug-likeness (QED) is 0.425. The van der Waals surface area contributed by atoms with Gasteiger partial charge in [-0.15, -0.1) is 0 Å². The van der Waals surface area contributed by atoms with Crippen LogP contribution in [-0.2, 0) is 4.43 Å². The molecule has 0 bridgehead atoms. The number of carbonyl (C=O) groups is 2. The summed E-state index contributed by atoms with van der Waals surface area (Å²) in [5.74, 6) is -0.0112. The lowest BCUT2D eigenvalue weighted by Gasteiger charge is -2.37. The number of carbonyl (C=O) groups excluding carboxylic acids is 2. The van der Waals surface area contributed by atoms with E-state index in [1.165, 1.54) is 4.90 Å². The Bertz CT molecular complexity index is 804. The molecule has 0 radical (unpaired) electrons. The fourth-order valence-electron chi connectivity index (χ4n) is 2.63. The molecule has 0 atom stereocenters. The molecule has 0 N–H and O–H groups in total. The van der Waals surface area contributed by atoms with Crippen LogP contribution in [0.5, 0.6) is 5.75 Å². The van der Waals surface area contributed by atoms with Gasteiger partial charge in [0.2, 0.25) is 0 Å². The van der Waals surface area contributed by atoms with Gasteiger partial charge in [-0.25, -0.2) is 0 Å². The number of hydrogen-bond acceptors (Lipinski definition) is 4. The van der Waals surface area contributed by atoms with Crippen molar-refractivity contribution in [2.75, 3.05) is 13.2 Å². The van der Waals surface area contributed by atoms with Gasteiger partial charge in [-0.1, -0.05) is 47.6 Å². The summed E-state index contributed by atoms with van der Waals surface area (Å²) in [6.45, 7) is 22.2. The molecule has 0 spiro atoms. The van der Waals surface area contributed by atoms with Crippen molar-refractivity contribution >= 4 is 28.4 Å². The van der Waals surface area contributed by atoms with E-state index in [-0.39, 0.29) is 28.4 Å². The normalized spacial score (nSPS) is 15.7. The van der Waals surface area contributed by atoms with E-state index in [4.69, 9.17) is 8.85 Å². The summed E-state index contributed by atoms with van der Waals surface area (Å²) in [5, 5.41) is 0.0806. The molecule has 7 heteroatoms. The third-order valence-electron chi connectivity index (χ3n) is 6.72. The highest BCUT2D eigenvalue weighted by molar-refractivity contribution is 6.75. The molecule has 2 rings (SSSR count). The Kier molecular flexibility index (Phi) is 6.30. The average Bonchev–Trinajstić information content (AvgIpc) is 2.78. The van der Waals surface area contributed by atoms with Crippen LogP contribution in [0.4, 0.5) is 0 Å². The Hall–Kier alpha value is -1.45. The van der Waals surface area contributed by atoms with Crippen molar-refractivity contribution in [2.45, 2.75) is 77.8 Å². The number of fused-ring (bicyclic) bond motifs is 1. The second kappa shape index (κ2) is 7.67. The molecule has 0 unspecified atom stereocenters. The van der Waals surface area contributed by atoms with Crippen LogP contribution in [0.1, 0.15) is 62.3 Å². The predicted molar refractivity (Wildman–Crippen MR) is 123 cm³/mol. The van der Waals surface area contributed by atoms with Crippen molar-refractivity contribution in [1.82, 2.24) is 4.90 Å². The zero-order valence-corrected chi connectivity index (χ0v) is 21.7. The summed E-state index contributed by atoms with van der Waals surface area (Å²) in [4.78, 5) is 27.3. The fraction of sp³-hybridized carbons (Fsp3) is 0.636. The molecule has 1 aromatic rings. The first-order valence-corrected chi connectivity index (χ1v) is 16.1. The van der Waals surface area contributed by atoms with Crippen molar-refractivity contribution in [2.24, 2.45) is 0 Å². The van der Waals surface area contributed by atoms with Crippen LogP contribution in [-0.4, -0.2) is 46.5 Å². The lowest BCUT2D eigenvalue weighted by molar-refractivity contribution is 0.0627. The molecule has 162 valence electrons. The van der Waals surface area contributed by atoms with E-state index in [1.54, 1.807) is 18.2 Å². The lowest BCUT2D eigenvalue weighted by Crippen LogP contribution is -2.44. The largest absolute Gasteiger partial charge is 0.543 e. The Morgan fingerprint density at radius 1 is 0.862 bits per heavy atom. The highest BCUT2D eigenvalue weighted by Crippen LogP contribution is 2.40. The minimum absolute atomic E-state index is 0.00191. The Morgan fingerprint density at radius 2 is 1.41 bits per heavy atom. The first kappa shape index (κ1) is 23.8. The molecule has 0 saturated heterocycles. The van der Waals surface area contributed by atoms with Crippen LogP contribution < -0.4 is 4.43 Å². The highest BCUT2D eigenvalue weighted by atomic mass is 28.4. The van der Waals surface area contributed by atoms with Gasteiger partial charge in [0, 0.05) is 0 Å². The maximum atomic E-state index is 13.1. The molecule has 0 aromatic heterocycles. The fourth-order valence-corrected chi connectivity index (χ4v) is 4.69. The molecule has 0 aliphatic carbocycles. The molecule has 5 nitrogen and oxygen atoms in total. The van der Waals surface area contributed by atoms with E-state index >= 15 is 0 Å². The van der Waals surface area contributed by atoms with E-state index in [0.717, 1.165) is 0 Å². The summed E-state index contributed by atoms with van der Waals surface area (Å²) in [6.07, 6.45) is 0. The molecular weight excluding hydrogens is 398 g/mol. The van der Waals surface area contributed by atoms with Crippen molar-refractivity contribution < 1.29 is 18.4 Å². The van der Waals surface area contributed by atoms with Gasteiger partial charge in [0.25, 0.3) is 20.1 Å². The van der Waals surface area contributed by atoms with E-state index in [9.17, 15) is 9.59 Å². The number of rotatable bonds is 6. The SMILES string of the molecule is CC(C)(C)[Si](C)(C)OCCN1C(=O)c2cccc(O[Si](C)(C)C(C)(C)C)c2C1=O. The Labute approximate surface area is 178 Å². The highest BCUT2D eigenvalue weighted by Gasteiger charge is 2.43. The van der Waals surface area contributed by atoms with Crippen molar-refractivity contribution in [3.63, 3.8) is 0 Å². The summed E-state index contributed by atoms with van der Waals surface area (Å²) >= 11 is 0.